The Hall–Kier alpha value is -2.87. The largest absolute Gasteiger partial charge is 0.472 e. The second-order valence-electron chi connectivity index (χ2n) is 8.19. The molecular weight excluding hydrogens is 504 g/mol. The number of halogens is 6. The van der Waals surface area contributed by atoms with E-state index in [-0.39, 0.29) is 49.2 Å². The molecule has 190 valence electrons. The summed E-state index contributed by atoms with van der Waals surface area (Å²) in [6, 6.07) is 4.42. The van der Waals surface area contributed by atoms with Gasteiger partial charge in [0.2, 0.25) is 21.8 Å². The van der Waals surface area contributed by atoms with Gasteiger partial charge in [-0.25, -0.2) is 13.4 Å². The number of hydrogen-bond donors (Lipinski definition) is 0. The molecule has 0 unspecified atom stereocenters. The number of fused-ring (bicyclic) bond motifs is 1. The fourth-order valence-electron chi connectivity index (χ4n) is 4.10. The van der Waals surface area contributed by atoms with Gasteiger partial charge in [0.25, 0.3) is 0 Å². The van der Waals surface area contributed by atoms with E-state index >= 15 is 0 Å². The molecule has 35 heavy (non-hydrogen) atoms. The Labute approximate surface area is 196 Å². The lowest BCUT2D eigenvalue weighted by Gasteiger charge is -2.25. The Balaban J connectivity index is 1.47. The predicted octanol–water partition coefficient (Wildman–Crippen LogP) is 3.56. The summed E-state index contributed by atoms with van der Waals surface area (Å²) < 4.78 is 109. The molecule has 1 aromatic carbocycles. The molecule has 2 aliphatic rings. The molecule has 7 nitrogen and oxygen atoms in total. The number of nitrogens with zero attached hydrogens (tertiary/aromatic N) is 3. The third-order valence-electron chi connectivity index (χ3n) is 5.86. The van der Waals surface area contributed by atoms with Crippen molar-refractivity contribution in [2.45, 2.75) is 42.2 Å². The molecule has 2 aliphatic heterocycles. The predicted molar refractivity (Wildman–Crippen MR) is 109 cm³/mol. The van der Waals surface area contributed by atoms with E-state index in [1.165, 1.54) is 4.90 Å². The van der Waals surface area contributed by atoms with Crippen LogP contribution >= 0.6 is 0 Å². The number of hydrogen-bond acceptors (Lipinski definition) is 5. The van der Waals surface area contributed by atoms with Crippen molar-refractivity contribution in [3.63, 3.8) is 0 Å². The first-order chi connectivity index (χ1) is 16.2. The van der Waals surface area contributed by atoms with Crippen LogP contribution in [0.15, 0.2) is 47.5 Å². The van der Waals surface area contributed by atoms with Crippen LogP contribution in [-0.2, 0) is 27.2 Å². The normalized spacial score (nSPS) is 22.1. The lowest BCUT2D eigenvalue weighted by molar-refractivity contribution is -0.138. The van der Waals surface area contributed by atoms with Crippen LogP contribution in [0.25, 0.3) is 0 Å². The monoisotopic (exact) mass is 523 g/mol. The molecule has 0 N–H and O–H groups in total. The maximum Gasteiger partial charge on any atom is 0.417 e. The van der Waals surface area contributed by atoms with Crippen molar-refractivity contribution >= 4 is 15.9 Å². The van der Waals surface area contributed by atoms with Gasteiger partial charge < -0.3 is 9.64 Å². The van der Waals surface area contributed by atoms with Gasteiger partial charge in [0.15, 0.2) is 0 Å². The molecule has 2 fully saturated rings. The van der Waals surface area contributed by atoms with E-state index in [1.807, 2.05) is 0 Å². The van der Waals surface area contributed by atoms with Crippen molar-refractivity contribution in [3.05, 3.63) is 53.7 Å². The third-order valence-corrected chi connectivity index (χ3v) is 7.74. The SMILES string of the molecule is O=C1CCN(S(=O)(=O)c2ccc(C(F)(F)F)cc2)C[C@@H]2C[C@@H](Oc3ccc(C(F)(F)F)cn3)CN12. The highest BCUT2D eigenvalue weighted by Crippen LogP contribution is 2.33. The van der Waals surface area contributed by atoms with Gasteiger partial charge in [-0.3, -0.25) is 4.79 Å². The Bertz CT molecular complexity index is 1180. The number of benzene rings is 1. The number of ether oxygens (including phenoxy) is 1. The van der Waals surface area contributed by atoms with Gasteiger partial charge in [0, 0.05) is 44.2 Å². The van der Waals surface area contributed by atoms with E-state index in [9.17, 15) is 39.6 Å². The van der Waals surface area contributed by atoms with Crippen molar-refractivity contribution in [3.8, 4) is 5.88 Å². The highest BCUT2D eigenvalue weighted by molar-refractivity contribution is 7.89. The number of alkyl halides is 6. The number of carbonyl (C=O) groups excluding carboxylic acids is 1. The van der Waals surface area contributed by atoms with Crippen LogP contribution in [0.2, 0.25) is 0 Å². The summed E-state index contributed by atoms with van der Waals surface area (Å²) in [7, 11) is -4.18. The van der Waals surface area contributed by atoms with Crippen molar-refractivity contribution < 1.29 is 44.3 Å². The van der Waals surface area contributed by atoms with Crippen molar-refractivity contribution in [1.82, 2.24) is 14.2 Å². The molecule has 0 radical (unpaired) electrons. The van der Waals surface area contributed by atoms with Crippen LogP contribution in [0.1, 0.15) is 24.0 Å². The molecule has 2 aromatic rings. The van der Waals surface area contributed by atoms with Gasteiger partial charge >= 0.3 is 12.4 Å². The number of pyridine rings is 1. The number of sulfonamides is 1. The minimum absolute atomic E-state index is 0.0673. The molecule has 3 heterocycles. The molecule has 0 spiro atoms. The van der Waals surface area contributed by atoms with Crippen LogP contribution < -0.4 is 4.74 Å². The first-order valence-corrected chi connectivity index (χ1v) is 11.9. The van der Waals surface area contributed by atoms with Crippen LogP contribution in [-0.4, -0.2) is 60.3 Å². The average Bonchev–Trinajstić information content (AvgIpc) is 3.10. The van der Waals surface area contributed by atoms with Gasteiger partial charge in [0.05, 0.1) is 22.6 Å². The summed E-state index contributed by atoms with van der Waals surface area (Å²) in [6.07, 6.45) is -9.09. The van der Waals surface area contributed by atoms with E-state index in [0.29, 0.717) is 18.3 Å². The molecule has 1 aromatic heterocycles. The quantitative estimate of drug-likeness (QED) is 0.573. The zero-order valence-electron chi connectivity index (χ0n) is 17.9. The first kappa shape index (κ1) is 25.2. The Morgan fingerprint density at radius 1 is 0.914 bits per heavy atom. The lowest BCUT2D eigenvalue weighted by atomic mass is 10.2. The standard InChI is InChI=1S/C21H19F6N3O4S/c22-20(23,24)13-1-4-17(5-2-13)35(32,33)29-8-7-19(31)30-12-16(9-15(30)11-29)34-18-6-3-14(10-28-18)21(25,26)27/h1-6,10,15-16H,7-9,11-12H2/t15-,16+/m0/s1. The molecule has 0 saturated carbocycles. The highest BCUT2D eigenvalue weighted by atomic mass is 32.2. The molecule has 0 bridgehead atoms. The van der Waals surface area contributed by atoms with Crippen LogP contribution in [0.3, 0.4) is 0 Å². The fourth-order valence-corrected chi connectivity index (χ4v) is 5.58. The van der Waals surface area contributed by atoms with Gasteiger partial charge in [0.1, 0.15) is 6.10 Å². The lowest BCUT2D eigenvalue weighted by Crippen LogP contribution is -2.40. The summed E-state index contributed by atoms with van der Waals surface area (Å²) >= 11 is 0. The number of rotatable bonds is 4. The molecule has 4 rings (SSSR count). The van der Waals surface area contributed by atoms with E-state index in [4.69, 9.17) is 4.74 Å². The van der Waals surface area contributed by atoms with Crippen LogP contribution in [0.5, 0.6) is 5.88 Å². The van der Waals surface area contributed by atoms with Crippen molar-refractivity contribution in [2.24, 2.45) is 0 Å². The smallest absolute Gasteiger partial charge is 0.417 e. The van der Waals surface area contributed by atoms with Gasteiger partial charge in [-0.1, -0.05) is 0 Å². The maximum atomic E-state index is 13.1. The summed E-state index contributed by atoms with van der Waals surface area (Å²) in [6.45, 7) is -0.142. The summed E-state index contributed by atoms with van der Waals surface area (Å²) in [5.74, 6) is -0.395. The second-order valence-corrected chi connectivity index (χ2v) is 10.1. The van der Waals surface area contributed by atoms with Crippen LogP contribution in [0.4, 0.5) is 26.3 Å². The zero-order valence-corrected chi connectivity index (χ0v) is 18.7. The topological polar surface area (TPSA) is 79.8 Å². The van der Waals surface area contributed by atoms with E-state index in [0.717, 1.165) is 28.6 Å². The van der Waals surface area contributed by atoms with Gasteiger partial charge in [-0.15, -0.1) is 0 Å². The number of carbonyl (C=O) groups is 1. The Morgan fingerprint density at radius 3 is 2.11 bits per heavy atom. The summed E-state index contributed by atoms with van der Waals surface area (Å²) in [5.41, 5.74) is -1.93. The van der Waals surface area contributed by atoms with E-state index in [1.54, 1.807) is 0 Å². The van der Waals surface area contributed by atoms with E-state index in [2.05, 4.69) is 4.98 Å². The average molecular weight is 523 g/mol. The maximum absolute atomic E-state index is 13.1. The van der Waals surface area contributed by atoms with Crippen LogP contribution in [0, 0.1) is 0 Å². The van der Waals surface area contributed by atoms with Gasteiger partial charge in [-0.05, 0) is 30.3 Å². The molecular formula is C21H19F6N3O4S. The minimum Gasteiger partial charge on any atom is -0.472 e. The Morgan fingerprint density at radius 2 is 1.54 bits per heavy atom. The molecule has 14 heteroatoms. The minimum atomic E-state index is -4.61. The number of amides is 1. The second kappa shape index (κ2) is 8.97. The first-order valence-electron chi connectivity index (χ1n) is 10.4. The molecule has 2 atom stereocenters. The van der Waals surface area contributed by atoms with Gasteiger partial charge in [-0.2, -0.15) is 30.6 Å². The molecule has 1 amide bonds. The number of aromatic nitrogens is 1. The van der Waals surface area contributed by atoms with Crippen molar-refractivity contribution in [1.29, 1.82) is 0 Å². The van der Waals surface area contributed by atoms with Crippen molar-refractivity contribution in [2.75, 3.05) is 19.6 Å². The fraction of sp³-hybridized carbons (Fsp3) is 0.429. The third kappa shape index (κ3) is 5.37. The summed E-state index contributed by atoms with van der Waals surface area (Å²) in [4.78, 5) is 17.4. The highest BCUT2D eigenvalue weighted by Gasteiger charge is 2.42. The Kier molecular flexibility index (Phi) is 6.47. The summed E-state index contributed by atoms with van der Waals surface area (Å²) in [5, 5.41) is 0. The molecule has 2 saturated heterocycles. The zero-order chi connectivity index (χ0) is 25.6. The van der Waals surface area contributed by atoms with E-state index < -0.39 is 45.6 Å². The molecule has 0 aliphatic carbocycles.